The highest BCUT2D eigenvalue weighted by atomic mass is 16.3. The Balaban J connectivity index is 3.81. The van der Waals surface area contributed by atoms with Crippen LogP contribution in [0.1, 0.15) is 26.7 Å². The minimum Gasteiger partial charge on any atom is -0.394 e. The van der Waals surface area contributed by atoms with Crippen LogP contribution in [0.3, 0.4) is 0 Å². The highest BCUT2D eigenvalue weighted by molar-refractivity contribution is 5.81. The largest absolute Gasteiger partial charge is 0.394 e. The van der Waals surface area contributed by atoms with E-state index in [4.69, 9.17) is 10.8 Å². The van der Waals surface area contributed by atoms with E-state index in [2.05, 4.69) is 5.32 Å². The Morgan fingerprint density at radius 1 is 1.50 bits per heavy atom. The number of carbonyl (C=O) groups excluding carboxylic acids is 1. The van der Waals surface area contributed by atoms with Gasteiger partial charge in [-0.25, -0.2) is 0 Å². The second-order valence-corrected chi connectivity index (χ2v) is 2.81. The van der Waals surface area contributed by atoms with Crippen molar-refractivity contribution < 1.29 is 9.90 Å². The van der Waals surface area contributed by atoms with E-state index >= 15 is 0 Å². The van der Waals surface area contributed by atoms with Crippen molar-refractivity contribution in [3.8, 4) is 0 Å². The second-order valence-electron chi connectivity index (χ2n) is 2.81. The number of aliphatic hydroxyl groups excluding tert-OH is 1. The van der Waals surface area contributed by atoms with Crippen molar-refractivity contribution in [1.82, 2.24) is 5.32 Å². The smallest absolute Gasteiger partial charge is 0.237 e. The molecule has 0 saturated carbocycles. The molecule has 0 aliphatic heterocycles. The van der Waals surface area contributed by atoms with Gasteiger partial charge in [0.15, 0.2) is 0 Å². The monoisotopic (exact) mass is 174 g/mol. The first-order valence-electron chi connectivity index (χ1n) is 4.32. The number of carbonyl (C=O) groups is 1. The average Bonchev–Trinajstić information content (AvgIpc) is 2.12. The summed E-state index contributed by atoms with van der Waals surface area (Å²) in [5, 5.41) is 11.4. The van der Waals surface area contributed by atoms with E-state index in [1.807, 2.05) is 13.8 Å². The van der Waals surface area contributed by atoms with Gasteiger partial charge in [0.25, 0.3) is 0 Å². The SMILES string of the molecule is CC[C@H](CO)NC(=O)[C@H](N)CC. The summed E-state index contributed by atoms with van der Waals surface area (Å²) < 4.78 is 0. The number of rotatable bonds is 5. The summed E-state index contributed by atoms with van der Waals surface area (Å²) in [6, 6.07) is -0.610. The van der Waals surface area contributed by atoms with E-state index in [1.54, 1.807) is 0 Å². The Kier molecular flexibility index (Phi) is 5.66. The third kappa shape index (κ3) is 3.69. The molecule has 0 heterocycles. The molecule has 4 nitrogen and oxygen atoms in total. The molecule has 12 heavy (non-hydrogen) atoms. The van der Waals surface area contributed by atoms with E-state index in [0.29, 0.717) is 6.42 Å². The lowest BCUT2D eigenvalue weighted by Gasteiger charge is -2.16. The van der Waals surface area contributed by atoms with Gasteiger partial charge in [-0.1, -0.05) is 13.8 Å². The van der Waals surface area contributed by atoms with Crippen molar-refractivity contribution in [2.24, 2.45) is 5.73 Å². The topological polar surface area (TPSA) is 75.3 Å². The lowest BCUT2D eigenvalue weighted by molar-refractivity contribution is -0.123. The van der Waals surface area contributed by atoms with Gasteiger partial charge in [0.05, 0.1) is 18.7 Å². The molecule has 0 aromatic heterocycles. The van der Waals surface area contributed by atoms with Gasteiger partial charge in [0.1, 0.15) is 0 Å². The van der Waals surface area contributed by atoms with Crippen molar-refractivity contribution in [2.45, 2.75) is 38.8 Å². The van der Waals surface area contributed by atoms with Crippen molar-refractivity contribution in [3.05, 3.63) is 0 Å². The minimum atomic E-state index is -0.453. The number of aliphatic hydroxyl groups is 1. The van der Waals surface area contributed by atoms with Gasteiger partial charge in [-0.05, 0) is 12.8 Å². The highest BCUT2D eigenvalue weighted by Crippen LogP contribution is 1.92. The maximum absolute atomic E-state index is 11.2. The summed E-state index contributed by atoms with van der Waals surface area (Å²) >= 11 is 0. The Morgan fingerprint density at radius 2 is 2.08 bits per heavy atom. The molecule has 0 saturated heterocycles. The summed E-state index contributed by atoms with van der Waals surface area (Å²) in [5.41, 5.74) is 5.48. The Hall–Kier alpha value is -0.610. The number of amides is 1. The Morgan fingerprint density at radius 3 is 2.42 bits per heavy atom. The van der Waals surface area contributed by atoms with Crippen LogP contribution in [-0.4, -0.2) is 29.7 Å². The molecule has 1 amide bonds. The van der Waals surface area contributed by atoms with Crippen molar-refractivity contribution in [1.29, 1.82) is 0 Å². The van der Waals surface area contributed by atoms with Crippen molar-refractivity contribution >= 4 is 5.91 Å². The molecule has 2 atom stereocenters. The molecule has 0 bridgehead atoms. The van der Waals surface area contributed by atoms with Gasteiger partial charge in [-0.3, -0.25) is 4.79 Å². The normalized spacial score (nSPS) is 15.3. The molecule has 0 fully saturated rings. The maximum atomic E-state index is 11.2. The van der Waals surface area contributed by atoms with Gasteiger partial charge in [-0.2, -0.15) is 0 Å². The molecule has 0 aromatic carbocycles. The van der Waals surface area contributed by atoms with Crippen LogP contribution in [0, 0.1) is 0 Å². The molecule has 0 aliphatic rings. The van der Waals surface area contributed by atoms with Gasteiger partial charge in [0, 0.05) is 0 Å². The fraction of sp³-hybridized carbons (Fsp3) is 0.875. The molecule has 0 aliphatic carbocycles. The quantitative estimate of drug-likeness (QED) is 0.531. The zero-order valence-corrected chi connectivity index (χ0v) is 7.71. The molecule has 0 rings (SSSR count). The van der Waals surface area contributed by atoms with E-state index in [1.165, 1.54) is 0 Å². The summed E-state index contributed by atoms with van der Waals surface area (Å²) in [6.07, 6.45) is 1.34. The van der Waals surface area contributed by atoms with Gasteiger partial charge in [-0.15, -0.1) is 0 Å². The van der Waals surface area contributed by atoms with Crippen molar-refractivity contribution in [2.75, 3.05) is 6.61 Å². The molecular weight excluding hydrogens is 156 g/mol. The van der Waals surface area contributed by atoms with Crippen LogP contribution < -0.4 is 11.1 Å². The average molecular weight is 174 g/mol. The van der Waals surface area contributed by atoms with Crippen LogP contribution in [0.4, 0.5) is 0 Å². The molecular formula is C8H18N2O2. The molecule has 0 spiro atoms. The van der Waals surface area contributed by atoms with Crippen LogP contribution in [0.2, 0.25) is 0 Å². The zero-order chi connectivity index (χ0) is 9.56. The fourth-order valence-electron chi connectivity index (χ4n) is 0.770. The zero-order valence-electron chi connectivity index (χ0n) is 7.71. The minimum absolute atomic E-state index is 0.0291. The predicted octanol–water partition coefficient (Wildman–Crippen LogP) is -0.389. The lowest BCUT2D eigenvalue weighted by Crippen LogP contribution is -2.46. The first kappa shape index (κ1) is 11.4. The standard InChI is InChI=1S/C8H18N2O2/c1-3-6(5-11)10-8(12)7(9)4-2/h6-7,11H,3-5,9H2,1-2H3,(H,10,12)/t6-,7-/m1/s1. The van der Waals surface area contributed by atoms with Gasteiger partial charge >= 0.3 is 0 Å². The molecule has 0 aromatic rings. The van der Waals surface area contributed by atoms with E-state index in [0.717, 1.165) is 6.42 Å². The fourth-order valence-corrected chi connectivity index (χ4v) is 0.770. The first-order chi connectivity index (χ1) is 5.65. The van der Waals surface area contributed by atoms with Crippen LogP contribution >= 0.6 is 0 Å². The van der Waals surface area contributed by atoms with E-state index in [9.17, 15) is 4.79 Å². The lowest BCUT2D eigenvalue weighted by atomic mass is 10.2. The van der Waals surface area contributed by atoms with Gasteiger partial charge < -0.3 is 16.2 Å². The van der Waals surface area contributed by atoms with Crippen molar-refractivity contribution in [3.63, 3.8) is 0 Å². The summed E-state index contributed by atoms with van der Waals surface area (Å²) in [5.74, 6) is -0.182. The third-order valence-electron chi connectivity index (χ3n) is 1.84. The highest BCUT2D eigenvalue weighted by Gasteiger charge is 2.14. The van der Waals surface area contributed by atoms with Gasteiger partial charge in [0.2, 0.25) is 5.91 Å². The van der Waals surface area contributed by atoms with Crippen LogP contribution in [0.15, 0.2) is 0 Å². The molecule has 4 N–H and O–H groups in total. The Labute approximate surface area is 73.1 Å². The third-order valence-corrected chi connectivity index (χ3v) is 1.84. The second kappa shape index (κ2) is 5.97. The first-order valence-corrected chi connectivity index (χ1v) is 4.32. The Bertz CT molecular complexity index is 135. The maximum Gasteiger partial charge on any atom is 0.237 e. The van der Waals surface area contributed by atoms with Crippen LogP contribution in [-0.2, 0) is 4.79 Å². The molecule has 72 valence electrons. The molecule has 0 unspecified atom stereocenters. The number of nitrogens with one attached hydrogen (secondary N) is 1. The summed E-state index contributed by atoms with van der Waals surface area (Å²) in [6.45, 7) is 3.72. The number of nitrogens with two attached hydrogens (primary N) is 1. The van der Waals surface area contributed by atoms with E-state index in [-0.39, 0.29) is 18.6 Å². The summed E-state index contributed by atoms with van der Waals surface area (Å²) in [4.78, 5) is 11.2. The molecule has 0 radical (unpaired) electrons. The molecule has 4 heteroatoms. The number of hydrogen-bond donors (Lipinski definition) is 3. The number of hydrogen-bond acceptors (Lipinski definition) is 3. The predicted molar refractivity (Wildman–Crippen MR) is 47.6 cm³/mol. The van der Waals surface area contributed by atoms with Crippen LogP contribution in [0.5, 0.6) is 0 Å². The summed E-state index contributed by atoms with van der Waals surface area (Å²) in [7, 11) is 0. The van der Waals surface area contributed by atoms with E-state index < -0.39 is 6.04 Å². The van der Waals surface area contributed by atoms with Crippen LogP contribution in [0.25, 0.3) is 0 Å².